The van der Waals surface area contributed by atoms with Gasteiger partial charge in [-0.15, -0.1) is 11.3 Å². The second-order valence-corrected chi connectivity index (χ2v) is 8.23. The first kappa shape index (κ1) is 17.9. The molecule has 25 heavy (non-hydrogen) atoms. The fraction of sp³-hybridized carbons (Fsp3) is 0.556. The van der Waals surface area contributed by atoms with Gasteiger partial charge in [0.2, 0.25) is 5.95 Å². The van der Waals surface area contributed by atoms with Gasteiger partial charge in [0.05, 0.1) is 16.8 Å². The average molecular weight is 362 g/mol. The number of rotatable bonds is 5. The number of imidazole rings is 1. The third-order valence-corrected chi connectivity index (χ3v) is 5.73. The Balaban J connectivity index is 1.49. The van der Waals surface area contributed by atoms with E-state index in [1.807, 2.05) is 44.2 Å². The van der Waals surface area contributed by atoms with Crippen molar-refractivity contribution in [1.29, 1.82) is 0 Å². The fourth-order valence-corrected chi connectivity index (χ4v) is 4.04. The number of thiophene rings is 1. The van der Waals surface area contributed by atoms with Crippen molar-refractivity contribution in [3.8, 4) is 0 Å². The van der Waals surface area contributed by atoms with Gasteiger partial charge in [0, 0.05) is 51.7 Å². The first-order valence-electron chi connectivity index (χ1n) is 8.71. The summed E-state index contributed by atoms with van der Waals surface area (Å²) >= 11 is 1.56. The molecule has 136 valence electrons. The number of nitrogens with one attached hydrogen (secondary N) is 1. The molecule has 1 amide bonds. The number of carbonyl (C=O) groups is 1. The summed E-state index contributed by atoms with van der Waals surface area (Å²) in [6.07, 6.45) is 3.95. The van der Waals surface area contributed by atoms with E-state index in [9.17, 15) is 4.79 Å². The number of aromatic nitrogens is 2. The Bertz CT molecular complexity index is 728. The van der Waals surface area contributed by atoms with Crippen molar-refractivity contribution in [3.05, 3.63) is 33.8 Å². The van der Waals surface area contributed by atoms with E-state index in [0.29, 0.717) is 0 Å². The van der Waals surface area contributed by atoms with E-state index in [-0.39, 0.29) is 11.9 Å². The van der Waals surface area contributed by atoms with Gasteiger partial charge in [-0.3, -0.25) is 9.69 Å². The zero-order valence-corrected chi connectivity index (χ0v) is 16.3. The lowest BCUT2D eigenvalue weighted by molar-refractivity contribution is 0.0912. The summed E-state index contributed by atoms with van der Waals surface area (Å²) in [7, 11) is 6.08. The van der Waals surface area contributed by atoms with E-state index in [4.69, 9.17) is 0 Å². The third-order valence-electron chi connectivity index (χ3n) is 4.73. The number of piperidine rings is 1. The lowest BCUT2D eigenvalue weighted by Crippen LogP contribution is -2.44. The molecule has 6 nitrogen and oxygen atoms in total. The molecule has 0 spiro atoms. The lowest BCUT2D eigenvalue weighted by atomic mass is 10.0. The molecule has 1 aliphatic heterocycles. The Morgan fingerprint density at radius 3 is 2.64 bits per heavy atom. The van der Waals surface area contributed by atoms with Gasteiger partial charge in [0.1, 0.15) is 0 Å². The summed E-state index contributed by atoms with van der Waals surface area (Å²) < 4.78 is 2.15. The molecular formula is C18H27N5OS. The summed E-state index contributed by atoms with van der Waals surface area (Å²) in [6.45, 7) is 4.93. The molecule has 2 aromatic rings. The van der Waals surface area contributed by atoms with E-state index < -0.39 is 0 Å². The number of nitrogens with zero attached hydrogens (tertiary/aromatic N) is 4. The Hall–Kier alpha value is -1.86. The van der Waals surface area contributed by atoms with Crippen molar-refractivity contribution in [3.63, 3.8) is 0 Å². The van der Waals surface area contributed by atoms with Crippen LogP contribution in [0.25, 0.3) is 0 Å². The molecule has 1 saturated heterocycles. The summed E-state index contributed by atoms with van der Waals surface area (Å²) in [5, 5.41) is 3.18. The highest BCUT2D eigenvalue weighted by molar-refractivity contribution is 7.13. The van der Waals surface area contributed by atoms with E-state index in [2.05, 4.69) is 26.8 Å². The monoisotopic (exact) mass is 361 g/mol. The van der Waals surface area contributed by atoms with Crippen LogP contribution in [0.15, 0.2) is 18.3 Å². The van der Waals surface area contributed by atoms with Gasteiger partial charge in [-0.25, -0.2) is 4.98 Å². The first-order chi connectivity index (χ1) is 11.9. The van der Waals surface area contributed by atoms with Crippen LogP contribution in [0.2, 0.25) is 0 Å². The molecule has 0 aliphatic carbocycles. The van der Waals surface area contributed by atoms with Crippen molar-refractivity contribution in [2.45, 2.75) is 32.4 Å². The number of anilines is 1. The molecule has 0 saturated carbocycles. The van der Waals surface area contributed by atoms with Gasteiger partial charge in [0.25, 0.3) is 5.91 Å². The summed E-state index contributed by atoms with van der Waals surface area (Å²) in [5.41, 5.74) is 1.22. The summed E-state index contributed by atoms with van der Waals surface area (Å²) in [6, 6.07) is 4.18. The maximum Gasteiger partial charge on any atom is 0.261 e. The van der Waals surface area contributed by atoms with Gasteiger partial charge in [0.15, 0.2) is 0 Å². The molecule has 1 aliphatic rings. The molecule has 7 heteroatoms. The number of aryl methyl sites for hydroxylation is 1. The Labute approximate surface area is 153 Å². The van der Waals surface area contributed by atoms with Crippen LogP contribution in [0.3, 0.4) is 0 Å². The largest absolute Gasteiger partial charge is 0.349 e. The van der Waals surface area contributed by atoms with Crippen molar-refractivity contribution in [2.75, 3.05) is 32.1 Å². The van der Waals surface area contributed by atoms with Gasteiger partial charge < -0.3 is 14.8 Å². The summed E-state index contributed by atoms with van der Waals surface area (Å²) in [4.78, 5) is 23.2. The van der Waals surface area contributed by atoms with Crippen LogP contribution in [-0.2, 0) is 13.6 Å². The first-order valence-corrected chi connectivity index (χ1v) is 9.53. The van der Waals surface area contributed by atoms with Crippen LogP contribution >= 0.6 is 11.3 Å². The quantitative estimate of drug-likeness (QED) is 0.887. The minimum Gasteiger partial charge on any atom is -0.349 e. The van der Waals surface area contributed by atoms with Crippen LogP contribution < -0.4 is 10.2 Å². The van der Waals surface area contributed by atoms with Gasteiger partial charge >= 0.3 is 0 Å². The highest BCUT2D eigenvalue weighted by Crippen LogP contribution is 2.19. The Kier molecular flexibility index (Phi) is 5.44. The molecule has 0 bridgehead atoms. The molecule has 3 rings (SSSR count). The van der Waals surface area contributed by atoms with E-state index in [1.165, 1.54) is 10.6 Å². The maximum absolute atomic E-state index is 12.3. The van der Waals surface area contributed by atoms with Crippen molar-refractivity contribution in [1.82, 2.24) is 19.8 Å². The number of hydrogen-bond donors (Lipinski definition) is 1. The molecule has 3 heterocycles. The second kappa shape index (κ2) is 7.58. The number of carbonyl (C=O) groups excluding carboxylic acids is 1. The standard InChI is InChI=1S/C18H27N5OS/c1-13-5-6-16(25-13)17(24)20-14-7-9-23(10-8-14)12-15-11-19-18(21(2)3)22(15)4/h5-6,11,14H,7-10,12H2,1-4H3,(H,20,24). The predicted molar refractivity (Wildman–Crippen MR) is 102 cm³/mol. The topological polar surface area (TPSA) is 53.4 Å². The van der Waals surface area contributed by atoms with Gasteiger partial charge in [-0.1, -0.05) is 0 Å². The molecule has 0 unspecified atom stereocenters. The van der Waals surface area contributed by atoms with Crippen molar-refractivity contribution >= 4 is 23.2 Å². The average Bonchev–Trinajstić information content (AvgIpc) is 3.16. The van der Waals surface area contributed by atoms with Crippen LogP contribution in [0.5, 0.6) is 0 Å². The molecule has 1 fully saturated rings. The maximum atomic E-state index is 12.3. The number of likely N-dealkylation sites (tertiary alicyclic amines) is 1. The molecule has 1 N–H and O–H groups in total. The van der Waals surface area contributed by atoms with Crippen molar-refractivity contribution in [2.24, 2.45) is 7.05 Å². The van der Waals surface area contributed by atoms with Crippen LogP contribution in [0.4, 0.5) is 5.95 Å². The van der Waals surface area contributed by atoms with E-state index in [1.54, 1.807) is 11.3 Å². The second-order valence-electron chi connectivity index (χ2n) is 6.94. The minimum absolute atomic E-state index is 0.0683. The third kappa shape index (κ3) is 4.22. The predicted octanol–water partition coefficient (Wildman–Crippen LogP) is 2.25. The molecule has 0 radical (unpaired) electrons. The minimum atomic E-state index is 0.0683. The fourth-order valence-electron chi connectivity index (χ4n) is 3.27. The normalized spacial score (nSPS) is 16.2. The van der Waals surface area contributed by atoms with Crippen molar-refractivity contribution < 1.29 is 4.79 Å². The molecule has 2 aromatic heterocycles. The zero-order chi connectivity index (χ0) is 18.0. The van der Waals surface area contributed by atoms with Gasteiger partial charge in [-0.2, -0.15) is 0 Å². The van der Waals surface area contributed by atoms with Gasteiger partial charge in [-0.05, 0) is 31.9 Å². The lowest BCUT2D eigenvalue weighted by Gasteiger charge is -2.32. The summed E-state index contributed by atoms with van der Waals surface area (Å²) in [5.74, 6) is 1.04. The zero-order valence-electron chi connectivity index (χ0n) is 15.5. The van der Waals surface area contributed by atoms with Crippen LogP contribution in [-0.4, -0.2) is 53.6 Å². The highest BCUT2D eigenvalue weighted by atomic mass is 32.1. The van der Waals surface area contributed by atoms with E-state index >= 15 is 0 Å². The number of hydrogen-bond acceptors (Lipinski definition) is 5. The van der Waals surface area contributed by atoms with Crippen LogP contribution in [0, 0.1) is 6.92 Å². The molecule has 0 aromatic carbocycles. The smallest absolute Gasteiger partial charge is 0.261 e. The Morgan fingerprint density at radius 2 is 2.08 bits per heavy atom. The Morgan fingerprint density at radius 1 is 1.36 bits per heavy atom. The number of amides is 1. The SMILES string of the molecule is Cc1ccc(C(=O)NC2CCN(Cc3cnc(N(C)C)n3C)CC2)s1. The van der Waals surface area contributed by atoms with Crippen LogP contribution in [0.1, 0.15) is 33.1 Å². The molecule has 0 atom stereocenters. The molecular weight excluding hydrogens is 334 g/mol. The van der Waals surface area contributed by atoms with E-state index in [0.717, 1.165) is 43.3 Å². The highest BCUT2D eigenvalue weighted by Gasteiger charge is 2.22.